The molecule has 3 N–H and O–H groups in total. The number of piperidine rings is 1. The van der Waals surface area contributed by atoms with Gasteiger partial charge in [-0.25, -0.2) is 0 Å². The van der Waals surface area contributed by atoms with Crippen LogP contribution < -0.4 is 11.1 Å². The highest BCUT2D eigenvalue weighted by Gasteiger charge is 2.16. The van der Waals surface area contributed by atoms with E-state index in [1.807, 2.05) is 0 Å². The fourth-order valence-corrected chi connectivity index (χ4v) is 2.53. The second kappa shape index (κ2) is 5.41. The Morgan fingerprint density at radius 1 is 1.47 bits per heavy atom. The van der Waals surface area contributed by atoms with E-state index in [2.05, 4.69) is 42.4 Å². The van der Waals surface area contributed by atoms with Crippen LogP contribution in [0.5, 0.6) is 0 Å². The first-order valence-electron chi connectivity index (χ1n) is 6.44. The Morgan fingerprint density at radius 3 is 3.06 bits per heavy atom. The minimum absolute atomic E-state index is 0.744. The summed E-state index contributed by atoms with van der Waals surface area (Å²) in [7, 11) is 2.20. The summed E-state index contributed by atoms with van der Waals surface area (Å²) >= 11 is 0. The first kappa shape index (κ1) is 12.2. The van der Waals surface area contributed by atoms with Gasteiger partial charge in [-0.1, -0.05) is 12.1 Å². The van der Waals surface area contributed by atoms with Gasteiger partial charge in [-0.15, -0.1) is 0 Å². The van der Waals surface area contributed by atoms with E-state index >= 15 is 0 Å². The number of likely N-dealkylation sites (tertiary alicyclic amines) is 1. The SMILES string of the molecule is Cc1cccc(NCC2CCCN(C)C2)c1N. The standard InChI is InChI=1S/C14H23N3/c1-11-5-3-7-13(14(11)15)16-9-12-6-4-8-17(2)10-12/h3,5,7,12,16H,4,6,8-10,15H2,1-2H3. The third-order valence-corrected chi connectivity index (χ3v) is 3.63. The molecule has 1 atom stereocenters. The molecule has 1 aromatic carbocycles. The molecule has 0 aliphatic carbocycles. The zero-order valence-corrected chi connectivity index (χ0v) is 10.9. The largest absolute Gasteiger partial charge is 0.397 e. The van der Waals surface area contributed by atoms with Gasteiger partial charge in [0.05, 0.1) is 11.4 Å². The summed E-state index contributed by atoms with van der Waals surface area (Å²) in [4.78, 5) is 2.41. The fraction of sp³-hybridized carbons (Fsp3) is 0.571. The predicted octanol–water partition coefficient (Wildman–Crippen LogP) is 2.33. The summed E-state index contributed by atoms with van der Waals surface area (Å²) in [5.41, 5.74) is 9.17. The van der Waals surface area contributed by atoms with Crippen molar-refractivity contribution in [1.29, 1.82) is 0 Å². The van der Waals surface area contributed by atoms with Crippen LogP contribution in [0, 0.1) is 12.8 Å². The first-order valence-corrected chi connectivity index (χ1v) is 6.44. The summed E-state index contributed by atoms with van der Waals surface area (Å²) in [5, 5.41) is 3.49. The number of nitrogens with one attached hydrogen (secondary N) is 1. The van der Waals surface area contributed by atoms with Crippen LogP contribution in [0.2, 0.25) is 0 Å². The summed E-state index contributed by atoms with van der Waals surface area (Å²) in [6.07, 6.45) is 2.63. The molecule has 0 spiro atoms. The average molecular weight is 233 g/mol. The van der Waals surface area contributed by atoms with E-state index < -0.39 is 0 Å². The Morgan fingerprint density at radius 2 is 2.29 bits per heavy atom. The minimum atomic E-state index is 0.744. The van der Waals surface area contributed by atoms with Crippen LogP contribution in [-0.4, -0.2) is 31.6 Å². The van der Waals surface area contributed by atoms with Crippen LogP contribution in [0.25, 0.3) is 0 Å². The average Bonchev–Trinajstić information content (AvgIpc) is 2.31. The van der Waals surface area contributed by atoms with Gasteiger partial charge >= 0.3 is 0 Å². The molecule has 1 heterocycles. The number of nitrogen functional groups attached to an aromatic ring is 1. The van der Waals surface area contributed by atoms with Crippen molar-refractivity contribution in [2.24, 2.45) is 5.92 Å². The minimum Gasteiger partial charge on any atom is -0.397 e. The van der Waals surface area contributed by atoms with Crippen molar-refractivity contribution < 1.29 is 0 Å². The molecule has 1 aromatic rings. The van der Waals surface area contributed by atoms with Crippen molar-refractivity contribution in [1.82, 2.24) is 4.90 Å². The van der Waals surface area contributed by atoms with Gasteiger partial charge in [0.1, 0.15) is 0 Å². The first-order chi connectivity index (χ1) is 8.16. The number of anilines is 2. The van der Waals surface area contributed by atoms with Crippen LogP contribution in [0.3, 0.4) is 0 Å². The predicted molar refractivity (Wildman–Crippen MR) is 74.3 cm³/mol. The number of aryl methyl sites for hydroxylation is 1. The molecule has 17 heavy (non-hydrogen) atoms. The number of hydrogen-bond donors (Lipinski definition) is 2. The number of para-hydroxylation sites is 1. The van der Waals surface area contributed by atoms with Crippen molar-refractivity contribution in [3.63, 3.8) is 0 Å². The number of benzene rings is 1. The van der Waals surface area contributed by atoms with E-state index in [1.165, 1.54) is 25.9 Å². The fourth-order valence-electron chi connectivity index (χ4n) is 2.53. The molecule has 0 saturated carbocycles. The molecule has 0 aromatic heterocycles. The van der Waals surface area contributed by atoms with Crippen molar-refractivity contribution in [3.05, 3.63) is 23.8 Å². The molecule has 0 bridgehead atoms. The Kier molecular flexibility index (Phi) is 3.89. The second-order valence-corrected chi connectivity index (χ2v) is 5.19. The third-order valence-electron chi connectivity index (χ3n) is 3.63. The molecule has 0 amide bonds. The number of rotatable bonds is 3. The molecule has 1 aliphatic rings. The Labute approximate surface area is 104 Å². The van der Waals surface area contributed by atoms with Gasteiger partial charge in [0.2, 0.25) is 0 Å². The maximum Gasteiger partial charge on any atom is 0.0579 e. The van der Waals surface area contributed by atoms with Crippen LogP contribution in [0.4, 0.5) is 11.4 Å². The number of nitrogens with two attached hydrogens (primary N) is 1. The molecule has 3 nitrogen and oxygen atoms in total. The Bertz CT molecular complexity index is 376. The van der Waals surface area contributed by atoms with Crippen molar-refractivity contribution >= 4 is 11.4 Å². The molecule has 3 heteroatoms. The van der Waals surface area contributed by atoms with Gasteiger partial charge in [0.15, 0.2) is 0 Å². The van der Waals surface area contributed by atoms with Gasteiger partial charge in [-0.3, -0.25) is 0 Å². The number of hydrogen-bond acceptors (Lipinski definition) is 3. The molecule has 1 aliphatic heterocycles. The van der Waals surface area contributed by atoms with E-state index in [0.29, 0.717) is 0 Å². The lowest BCUT2D eigenvalue weighted by molar-refractivity contribution is 0.217. The molecule has 1 fully saturated rings. The summed E-state index contributed by atoms with van der Waals surface area (Å²) in [6.45, 7) is 5.51. The highest BCUT2D eigenvalue weighted by molar-refractivity contribution is 5.69. The summed E-state index contributed by atoms with van der Waals surface area (Å²) in [6, 6.07) is 6.17. The maximum atomic E-state index is 6.05. The van der Waals surface area contributed by atoms with E-state index in [-0.39, 0.29) is 0 Å². The van der Waals surface area contributed by atoms with Gasteiger partial charge in [0.25, 0.3) is 0 Å². The molecule has 1 unspecified atom stereocenters. The second-order valence-electron chi connectivity index (χ2n) is 5.19. The van der Waals surface area contributed by atoms with Crippen molar-refractivity contribution in [2.75, 3.05) is 37.7 Å². The van der Waals surface area contributed by atoms with E-state index in [9.17, 15) is 0 Å². The van der Waals surface area contributed by atoms with Crippen LogP contribution in [-0.2, 0) is 0 Å². The molecule has 0 radical (unpaired) electrons. The zero-order chi connectivity index (χ0) is 12.3. The molecule has 94 valence electrons. The highest BCUT2D eigenvalue weighted by atomic mass is 15.1. The quantitative estimate of drug-likeness (QED) is 0.787. The zero-order valence-electron chi connectivity index (χ0n) is 10.9. The Hall–Kier alpha value is -1.22. The maximum absolute atomic E-state index is 6.05. The van der Waals surface area contributed by atoms with E-state index in [0.717, 1.165) is 29.4 Å². The van der Waals surface area contributed by atoms with Gasteiger partial charge in [-0.2, -0.15) is 0 Å². The van der Waals surface area contributed by atoms with Gasteiger partial charge < -0.3 is 16.0 Å². The highest BCUT2D eigenvalue weighted by Crippen LogP contribution is 2.23. The van der Waals surface area contributed by atoms with E-state index in [4.69, 9.17) is 5.73 Å². The molecular formula is C14H23N3. The summed E-state index contributed by atoms with van der Waals surface area (Å²) < 4.78 is 0. The lowest BCUT2D eigenvalue weighted by atomic mass is 9.98. The topological polar surface area (TPSA) is 41.3 Å². The number of nitrogens with zero attached hydrogens (tertiary/aromatic N) is 1. The van der Waals surface area contributed by atoms with Gasteiger partial charge in [0, 0.05) is 13.1 Å². The van der Waals surface area contributed by atoms with Gasteiger partial charge in [-0.05, 0) is 50.9 Å². The molecule has 1 saturated heterocycles. The monoisotopic (exact) mass is 233 g/mol. The normalized spacial score (nSPS) is 21.4. The Balaban J connectivity index is 1.91. The van der Waals surface area contributed by atoms with E-state index in [1.54, 1.807) is 0 Å². The lowest BCUT2D eigenvalue weighted by Gasteiger charge is -2.30. The van der Waals surface area contributed by atoms with Crippen LogP contribution in [0.1, 0.15) is 18.4 Å². The smallest absolute Gasteiger partial charge is 0.0579 e. The van der Waals surface area contributed by atoms with Crippen molar-refractivity contribution in [3.8, 4) is 0 Å². The van der Waals surface area contributed by atoms with Crippen LogP contribution in [0.15, 0.2) is 18.2 Å². The molecule has 2 rings (SSSR count). The molecular weight excluding hydrogens is 210 g/mol. The van der Waals surface area contributed by atoms with Crippen molar-refractivity contribution in [2.45, 2.75) is 19.8 Å². The van der Waals surface area contributed by atoms with Crippen LogP contribution >= 0.6 is 0 Å². The summed E-state index contributed by atoms with van der Waals surface area (Å²) in [5.74, 6) is 0.744. The lowest BCUT2D eigenvalue weighted by Crippen LogP contribution is -2.35. The third kappa shape index (κ3) is 3.13.